The molecule has 0 aliphatic rings. The van der Waals surface area contributed by atoms with Gasteiger partial charge in [-0.25, -0.2) is 10.4 Å². The molecule has 0 bridgehead atoms. The molecule has 0 unspecified atom stereocenters. The van der Waals surface area contributed by atoms with Crippen LogP contribution in [0.2, 0.25) is 0 Å². The average molecular weight is 153 g/mol. The predicted octanol–water partition coefficient (Wildman–Crippen LogP) is 1.18. The fourth-order valence-electron chi connectivity index (χ4n) is 0.620. The van der Waals surface area contributed by atoms with E-state index in [9.17, 15) is 4.91 Å². The number of rotatable bonds is 3. The highest BCUT2D eigenvalue weighted by Gasteiger charge is 1.92. The van der Waals surface area contributed by atoms with Crippen molar-refractivity contribution in [2.24, 2.45) is 5.29 Å². The fraction of sp³-hybridized carbons (Fsp3) is 0.167. The van der Waals surface area contributed by atoms with Gasteiger partial charge in [-0.3, -0.25) is 0 Å². The minimum atomic E-state index is 0.501. The van der Waals surface area contributed by atoms with Crippen molar-refractivity contribution < 1.29 is 4.74 Å². The van der Waals surface area contributed by atoms with Crippen molar-refractivity contribution in [2.75, 3.05) is 12.5 Å². The molecule has 11 heavy (non-hydrogen) atoms. The maximum atomic E-state index is 9.71. The van der Waals surface area contributed by atoms with Gasteiger partial charge in [-0.1, -0.05) is 0 Å². The number of hydrogen-bond acceptors (Lipinski definition) is 4. The summed E-state index contributed by atoms with van der Waals surface area (Å²) < 4.78 is 4.80. The summed E-state index contributed by atoms with van der Waals surface area (Å²) in [5.74, 6) is 0.501. The van der Waals surface area contributed by atoms with Crippen molar-refractivity contribution in [1.29, 1.82) is 0 Å². The normalized spacial score (nSPS) is 8.82. The summed E-state index contributed by atoms with van der Waals surface area (Å²) in [6.07, 6.45) is 1.46. The van der Waals surface area contributed by atoms with E-state index in [-0.39, 0.29) is 0 Å². The lowest BCUT2D eigenvalue weighted by Gasteiger charge is -1.98. The Balaban J connectivity index is 2.74. The molecule has 0 radical (unpaired) electrons. The SMILES string of the molecule is COc1ccc(NN=O)cn1. The minimum Gasteiger partial charge on any atom is -0.481 e. The van der Waals surface area contributed by atoms with Gasteiger partial charge in [0.1, 0.15) is 0 Å². The Morgan fingerprint density at radius 3 is 2.91 bits per heavy atom. The van der Waals surface area contributed by atoms with Gasteiger partial charge in [-0.2, -0.15) is 0 Å². The number of nitrogens with one attached hydrogen (secondary N) is 1. The van der Waals surface area contributed by atoms with Crippen LogP contribution < -0.4 is 10.2 Å². The zero-order valence-electron chi connectivity index (χ0n) is 5.94. The molecule has 1 N–H and O–H groups in total. The van der Waals surface area contributed by atoms with Crippen LogP contribution in [0.1, 0.15) is 0 Å². The van der Waals surface area contributed by atoms with Gasteiger partial charge in [0.2, 0.25) is 5.88 Å². The van der Waals surface area contributed by atoms with Gasteiger partial charge in [0.05, 0.1) is 24.3 Å². The molecule has 0 aromatic carbocycles. The molecule has 5 nitrogen and oxygen atoms in total. The molecule has 0 fully saturated rings. The van der Waals surface area contributed by atoms with Crippen molar-refractivity contribution >= 4 is 5.69 Å². The van der Waals surface area contributed by atoms with E-state index in [1.165, 1.54) is 13.3 Å². The number of aromatic nitrogens is 1. The lowest BCUT2D eigenvalue weighted by atomic mass is 10.4. The van der Waals surface area contributed by atoms with Crippen LogP contribution in [0.15, 0.2) is 23.6 Å². The third-order valence-corrected chi connectivity index (χ3v) is 1.12. The number of methoxy groups -OCH3 is 1. The van der Waals surface area contributed by atoms with Crippen LogP contribution in [0.4, 0.5) is 5.69 Å². The van der Waals surface area contributed by atoms with Crippen molar-refractivity contribution in [3.8, 4) is 5.88 Å². The average Bonchev–Trinajstić information content (AvgIpc) is 2.07. The van der Waals surface area contributed by atoms with E-state index in [0.29, 0.717) is 11.6 Å². The first-order valence-electron chi connectivity index (χ1n) is 2.95. The highest BCUT2D eigenvalue weighted by atomic mass is 16.5. The summed E-state index contributed by atoms with van der Waals surface area (Å²) in [4.78, 5) is 13.5. The molecule has 0 saturated carbocycles. The summed E-state index contributed by atoms with van der Waals surface area (Å²) in [6, 6.07) is 3.28. The molecular formula is C6H7N3O2. The molecule has 0 amide bonds. The molecular weight excluding hydrogens is 146 g/mol. The quantitative estimate of drug-likeness (QED) is 0.523. The summed E-state index contributed by atoms with van der Waals surface area (Å²) in [7, 11) is 1.52. The molecule has 1 heterocycles. The van der Waals surface area contributed by atoms with Gasteiger partial charge in [-0.15, -0.1) is 4.91 Å². The van der Waals surface area contributed by atoms with Gasteiger partial charge >= 0.3 is 0 Å². The molecule has 1 rings (SSSR count). The monoisotopic (exact) mass is 153 g/mol. The van der Waals surface area contributed by atoms with Crippen LogP contribution >= 0.6 is 0 Å². The Labute approximate surface area is 63.3 Å². The number of anilines is 1. The summed E-state index contributed by atoms with van der Waals surface area (Å²) in [5.41, 5.74) is 2.75. The van der Waals surface area contributed by atoms with Crippen molar-refractivity contribution in [3.63, 3.8) is 0 Å². The maximum Gasteiger partial charge on any atom is 0.213 e. The molecule has 5 heteroatoms. The first kappa shape index (κ1) is 7.46. The molecule has 0 atom stereocenters. The smallest absolute Gasteiger partial charge is 0.213 e. The third-order valence-electron chi connectivity index (χ3n) is 1.12. The van der Waals surface area contributed by atoms with E-state index in [1.54, 1.807) is 12.1 Å². The van der Waals surface area contributed by atoms with Crippen LogP contribution in [0.3, 0.4) is 0 Å². The Bertz CT molecular complexity index is 234. The number of nitroso groups, excluding NO2 is 1. The lowest BCUT2D eigenvalue weighted by molar-refractivity contribution is 0.398. The summed E-state index contributed by atoms with van der Waals surface area (Å²) in [5, 5.41) is 2.48. The van der Waals surface area contributed by atoms with Gasteiger partial charge in [-0.05, 0) is 6.07 Å². The Morgan fingerprint density at radius 1 is 1.64 bits per heavy atom. The van der Waals surface area contributed by atoms with Gasteiger partial charge < -0.3 is 4.74 Å². The second kappa shape index (κ2) is 3.50. The van der Waals surface area contributed by atoms with Gasteiger partial charge in [0.15, 0.2) is 0 Å². The zero-order chi connectivity index (χ0) is 8.10. The van der Waals surface area contributed by atoms with Crippen LogP contribution in [0.25, 0.3) is 0 Å². The second-order valence-electron chi connectivity index (χ2n) is 1.79. The van der Waals surface area contributed by atoms with E-state index in [1.807, 2.05) is 0 Å². The second-order valence-corrected chi connectivity index (χ2v) is 1.79. The highest BCUT2D eigenvalue weighted by Crippen LogP contribution is 2.10. The topological polar surface area (TPSA) is 63.6 Å². The van der Waals surface area contributed by atoms with Gasteiger partial charge in [0, 0.05) is 6.07 Å². The molecule has 1 aromatic rings. The van der Waals surface area contributed by atoms with Crippen LogP contribution in [-0.2, 0) is 0 Å². The zero-order valence-corrected chi connectivity index (χ0v) is 5.94. The number of hydrogen-bond donors (Lipinski definition) is 1. The molecule has 0 aliphatic heterocycles. The van der Waals surface area contributed by atoms with Gasteiger partial charge in [0.25, 0.3) is 0 Å². The molecule has 1 aromatic heterocycles. The number of pyridine rings is 1. The molecule has 0 saturated heterocycles. The molecule has 58 valence electrons. The standard InChI is InChI=1S/C6H7N3O2/c1-11-6-3-2-5(4-7-6)8-9-10/h2-4H,1H3,(H,8,10). The first-order valence-corrected chi connectivity index (χ1v) is 2.95. The lowest BCUT2D eigenvalue weighted by Crippen LogP contribution is -1.89. The highest BCUT2D eigenvalue weighted by molar-refractivity contribution is 5.40. The Morgan fingerprint density at radius 2 is 2.45 bits per heavy atom. The van der Waals surface area contributed by atoms with E-state index in [0.717, 1.165) is 0 Å². The van der Waals surface area contributed by atoms with Crippen molar-refractivity contribution in [2.45, 2.75) is 0 Å². The van der Waals surface area contributed by atoms with Crippen molar-refractivity contribution in [3.05, 3.63) is 23.2 Å². The van der Waals surface area contributed by atoms with Crippen LogP contribution in [-0.4, -0.2) is 12.1 Å². The molecule has 0 spiro atoms. The molecule has 0 aliphatic carbocycles. The summed E-state index contributed by atoms with van der Waals surface area (Å²) in [6.45, 7) is 0. The first-order chi connectivity index (χ1) is 5.36. The van der Waals surface area contributed by atoms with Crippen LogP contribution in [0, 0.1) is 4.91 Å². The maximum absolute atomic E-state index is 9.71. The largest absolute Gasteiger partial charge is 0.481 e. The van der Waals surface area contributed by atoms with Crippen LogP contribution in [0.5, 0.6) is 5.88 Å². The van der Waals surface area contributed by atoms with E-state index in [4.69, 9.17) is 4.74 Å². The van der Waals surface area contributed by atoms with Crippen molar-refractivity contribution in [1.82, 2.24) is 4.98 Å². The van der Waals surface area contributed by atoms with E-state index < -0.39 is 0 Å². The third kappa shape index (κ3) is 1.89. The predicted molar refractivity (Wildman–Crippen MR) is 40.2 cm³/mol. The minimum absolute atomic E-state index is 0.501. The van der Waals surface area contributed by atoms with E-state index >= 15 is 0 Å². The fourth-order valence-corrected chi connectivity index (χ4v) is 0.620. The number of nitrogens with zero attached hydrogens (tertiary/aromatic N) is 2. The Kier molecular flexibility index (Phi) is 2.37. The summed E-state index contributed by atoms with van der Waals surface area (Å²) >= 11 is 0. The number of ether oxygens (including phenoxy) is 1. The van der Waals surface area contributed by atoms with E-state index in [2.05, 4.69) is 15.7 Å². The Hall–Kier alpha value is -1.65.